The number of aromatic amines is 1. The van der Waals surface area contributed by atoms with Crippen LogP contribution in [0.1, 0.15) is 37.3 Å². The Kier molecular flexibility index (Phi) is 8.18. The lowest BCUT2D eigenvalue weighted by Gasteiger charge is -2.13. The lowest BCUT2D eigenvalue weighted by atomic mass is 10.1. The maximum Gasteiger partial charge on any atom is 0.190 e. The van der Waals surface area contributed by atoms with E-state index in [-0.39, 0.29) is 0 Å². The zero-order valence-electron chi connectivity index (χ0n) is 17.2. The molecular weight excluding hydrogens is 352 g/mol. The summed E-state index contributed by atoms with van der Waals surface area (Å²) in [5, 5.41) is 8.08. The number of rotatable bonds is 10. The van der Waals surface area contributed by atoms with Crippen LogP contribution < -0.4 is 10.6 Å². The summed E-state index contributed by atoms with van der Waals surface area (Å²) in [5.74, 6) is 0.841. The molecule has 154 valence electrons. The fraction of sp³-hybridized carbons (Fsp3) is 0.591. The molecule has 6 nitrogen and oxygen atoms in total. The van der Waals surface area contributed by atoms with Gasteiger partial charge in [-0.1, -0.05) is 25.1 Å². The van der Waals surface area contributed by atoms with Crippen LogP contribution in [0.4, 0.5) is 0 Å². The van der Waals surface area contributed by atoms with Gasteiger partial charge in [0.05, 0.1) is 12.7 Å². The number of hydrogen-bond donors (Lipinski definition) is 3. The van der Waals surface area contributed by atoms with E-state index in [1.165, 1.54) is 22.0 Å². The number of fused-ring (bicyclic) bond motifs is 1. The quantitative estimate of drug-likeness (QED) is 0.333. The maximum atomic E-state index is 5.69. The molecule has 0 amide bonds. The molecule has 0 saturated carbocycles. The molecule has 1 unspecified atom stereocenters. The Labute approximate surface area is 168 Å². The Balaban J connectivity index is 1.33. The molecule has 1 aliphatic rings. The number of aryl methyl sites for hydroxylation is 1. The third kappa shape index (κ3) is 5.72. The van der Waals surface area contributed by atoms with E-state index >= 15 is 0 Å². The van der Waals surface area contributed by atoms with E-state index < -0.39 is 0 Å². The highest BCUT2D eigenvalue weighted by molar-refractivity contribution is 5.86. The van der Waals surface area contributed by atoms with Crippen LogP contribution in [0.5, 0.6) is 0 Å². The summed E-state index contributed by atoms with van der Waals surface area (Å²) in [6, 6.07) is 6.54. The molecule has 1 atom stereocenters. The predicted molar refractivity (Wildman–Crippen MR) is 115 cm³/mol. The molecule has 0 aliphatic carbocycles. The first-order valence-corrected chi connectivity index (χ1v) is 10.5. The molecule has 2 aromatic rings. The van der Waals surface area contributed by atoms with Crippen molar-refractivity contribution in [3.8, 4) is 0 Å². The molecule has 1 aliphatic heterocycles. The summed E-state index contributed by atoms with van der Waals surface area (Å²) in [6.45, 7) is 6.24. The van der Waals surface area contributed by atoms with E-state index in [2.05, 4.69) is 51.9 Å². The van der Waals surface area contributed by atoms with Gasteiger partial charge in [0, 0.05) is 50.5 Å². The third-order valence-electron chi connectivity index (χ3n) is 5.26. The molecule has 0 bridgehead atoms. The van der Waals surface area contributed by atoms with Crippen LogP contribution in [-0.4, -0.2) is 57.0 Å². The highest BCUT2D eigenvalue weighted by Gasteiger charge is 2.14. The van der Waals surface area contributed by atoms with Crippen molar-refractivity contribution in [2.24, 2.45) is 4.99 Å². The van der Waals surface area contributed by atoms with Gasteiger partial charge in [-0.25, -0.2) is 0 Å². The summed E-state index contributed by atoms with van der Waals surface area (Å²) < 4.78 is 11.3. The van der Waals surface area contributed by atoms with Gasteiger partial charge in [0.1, 0.15) is 0 Å². The highest BCUT2D eigenvalue weighted by Crippen LogP contribution is 2.22. The molecule has 1 aromatic carbocycles. The summed E-state index contributed by atoms with van der Waals surface area (Å²) in [4.78, 5) is 7.74. The lowest BCUT2D eigenvalue weighted by Crippen LogP contribution is -2.39. The number of aliphatic imine (C=N–C) groups is 1. The second-order valence-corrected chi connectivity index (χ2v) is 7.25. The van der Waals surface area contributed by atoms with Crippen LogP contribution in [0.3, 0.4) is 0 Å². The van der Waals surface area contributed by atoms with E-state index in [0.717, 1.165) is 71.0 Å². The number of para-hydroxylation sites is 1. The van der Waals surface area contributed by atoms with Gasteiger partial charge < -0.3 is 25.1 Å². The molecule has 1 fully saturated rings. The Bertz CT molecular complexity index is 750. The van der Waals surface area contributed by atoms with E-state index in [4.69, 9.17) is 9.47 Å². The van der Waals surface area contributed by atoms with Crippen LogP contribution in [0.25, 0.3) is 10.9 Å². The fourth-order valence-electron chi connectivity index (χ4n) is 3.68. The summed E-state index contributed by atoms with van der Waals surface area (Å²) in [6.07, 6.45) is 7.69. The first-order chi connectivity index (χ1) is 13.8. The van der Waals surface area contributed by atoms with Crippen molar-refractivity contribution < 1.29 is 9.47 Å². The third-order valence-corrected chi connectivity index (χ3v) is 5.26. The Morgan fingerprint density at radius 1 is 1.29 bits per heavy atom. The average Bonchev–Trinajstić information content (AvgIpc) is 3.39. The largest absolute Gasteiger partial charge is 0.379 e. The van der Waals surface area contributed by atoms with E-state index in [1.807, 2.05) is 7.05 Å². The minimum Gasteiger partial charge on any atom is -0.379 e. The molecule has 1 aromatic heterocycles. The zero-order valence-corrected chi connectivity index (χ0v) is 17.2. The van der Waals surface area contributed by atoms with Gasteiger partial charge in [-0.15, -0.1) is 0 Å². The first kappa shape index (κ1) is 20.7. The first-order valence-electron chi connectivity index (χ1n) is 10.5. The topological polar surface area (TPSA) is 70.7 Å². The Morgan fingerprint density at radius 2 is 2.18 bits per heavy atom. The predicted octanol–water partition coefficient (Wildman–Crippen LogP) is 3.02. The smallest absolute Gasteiger partial charge is 0.190 e. The van der Waals surface area contributed by atoms with Crippen molar-refractivity contribution in [2.45, 2.75) is 45.1 Å². The van der Waals surface area contributed by atoms with Gasteiger partial charge in [-0.3, -0.25) is 4.99 Å². The van der Waals surface area contributed by atoms with Crippen molar-refractivity contribution in [3.05, 3.63) is 35.5 Å². The normalized spacial score (nSPS) is 17.4. The van der Waals surface area contributed by atoms with Crippen LogP contribution in [0.15, 0.2) is 29.4 Å². The van der Waals surface area contributed by atoms with Crippen molar-refractivity contribution in [1.82, 2.24) is 15.6 Å². The number of guanidine groups is 1. The van der Waals surface area contributed by atoms with Gasteiger partial charge in [0.15, 0.2) is 5.96 Å². The van der Waals surface area contributed by atoms with Crippen molar-refractivity contribution in [1.29, 1.82) is 0 Å². The molecular formula is C22H34N4O2. The number of nitrogens with zero attached hydrogens (tertiary/aromatic N) is 1. The monoisotopic (exact) mass is 386 g/mol. The second kappa shape index (κ2) is 11.1. The summed E-state index contributed by atoms with van der Waals surface area (Å²) >= 11 is 0. The van der Waals surface area contributed by atoms with Gasteiger partial charge >= 0.3 is 0 Å². The molecule has 1 saturated heterocycles. The van der Waals surface area contributed by atoms with Crippen LogP contribution in [0.2, 0.25) is 0 Å². The van der Waals surface area contributed by atoms with Crippen molar-refractivity contribution in [3.63, 3.8) is 0 Å². The summed E-state index contributed by atoms with van der Waals surface area (Å²) in [7, 11) is 1.81. The van der Waals surface area contributed by atoms with Gasteiger partial charge in [0.25, 0.3) is 0 Å². The fourth-order valence-corrected chi connectivity index (χ4v) is 3.68. The minimum atomic E-state index is 0.306. The van der Waals surface area contributed by atoms with Crippen molar-refractivity contribution >= 4 is 16.9 Å². The Hall–Kier alpha value is -2.05. The van der Waals surface area contributed by atoms with Crippen LogP contribution in [-0.2, 0) is 22.3 Å². The maximum absolute atomic E-state index is 5.69. The molecule has 6 heteroatoms. The van der Waals surface area contributed by atoms with Crippen LogP contribution >= 0.6 is 0 Å². The SMILES string of the molecule is CCc1cccc2c(CCNC(=NC)NCCCOCC3CCCO3)c[nH]c12. The number of aromatic nitrogens is 1. The van der Waals surface area contributed by atoms with E-state index in [1.54, 1.807) is 0 Å². The number of hydrogen-bond acceptors (Lipinski definition) is 3. The summed E-state index contributed by atoms with van der Waals surface area (Å²) in [5.41, 5.74) is 3.98. The second-order valence-electron chi connectivity index (χ2n) is 7.25. The zero-order chi connectivity index (χ0) is 19.6. The van der Waals surface area contributed by atoms with E-state index in [9.17, 15) is 0 Å². The van der Waals surface area contributed by atoms with Crippen LogP contribution in [0, 0.1) is 0 Å². The van der Waals surface area contributed by atoms with E-state index in [0.29, 0.717) is 6.10 Å². The molecule has 2 heterocycles. The number of H-pyrrole nitrogens is 1. The molecule has 28 heavy (non-hydrogen) atoms. The highest BCUT2D eigenvalue weighted by atomic mass is 16.5. The van der Waals surface area contributed by atoms with Gasteiger partial charge in [-0.05, 0) is 43.2 Å². The van der Waals surface area contributed by atoms with Gasteiger partial charge in [0.2, 0.25) is 0 Å². The number of nitrogens with one attached hydrogen (secondary N) is 3. The standard InChI is InChI=1S/C22H34N4O2/c1-3-17-7-4-9-20-18(15-26-21(17)20)10-12-25-22(23-2)24-11-6-13-27-16-19-8-5-14-28-19/h4,7,9,15,19,26H,3,5-6,8,10-14,16H2,1-2H3,(H2,23,24,25). The van der Waals surface area contributed by atoms with Crippen molar-refractivity contribution in [2.75, 3.05) is 40.0 Å². The average molecular weight is 387 g/mol. The number of benzene rings is 1. The minimum absolute atomic E-state index is 0.306. The molecule has 3 N–H and O–H groups in total. The lowest BCUT2D eigenvalue weighted by molar-refractivity contribution is 0.0168. The molecule has 3 rings (SSSR count). The molecule has 0 spiro atoms. The van der Waals surface area contributed by atoms with Gasteiger partial charge in [-0.2, -0.15) is 0 Å². The molecule has 0 radical (unpaired) electrons. The Morgan fingerprint density at radius 3 is 2.96 bits per heavy atom. The number of ether oxygens (including phenoxy) is 2.